The Balaban J connectivity index is 1.75. The summed E-state index contributed by atoms with van der Waals surface area (Å²) in [6.45, 7) is 0. The van der Waals surface area contributed by atoms with Crippen molar-refractivity contribution in [2.24, 2.45) is 22.9 Å². The zero-order valence-electron chi connectivity index (χ0n) is 10.5. The third-order valence-electron chi connectivity index (χ3n) is 4.85. The van der Waals surface area contributed by atoms with Crippen molar-refractivity contribution in [3.63, 3.8) is 0 Å². The highest BCUT2D eigenvalue weighted by Gasteiger charge is 2.57. The van der Waals surface area contributed by atoms with Gasteiger partial charge in [-0.15, -0.1) is 0 Å². The van der Waals surface area contributed by atoms with Gasteiger partial charge in [0.05, 0.1) is 11.5 Å². The smallest absolute Gasteiger partial charge is 0.204 e. The van der Waals surface area contributed by atoms with Crippen LogP contribution in [0.15, 0.2) is 33.8 Å². The first-order valence-corrected chi connectivity index (χ1v) is 7.66. The molecule has 2 bridgehead atoms. The highest BCUT2D eigenvalue weighted by molar-refractivity contribution is 9.10. The SMILES string of the molecule is [O-]C1=N/[N+](=C/c2ccccc2Br)C2C3CCC(C3)C12. The van der Waals surface area contributed by atoms with E-state index < -0.39 is 0 Å². The Morgan fingerprint density at radius 2 is 2.05 bits per heavy atom. The van der Waals surface area contributed by atoms with Gasteiger partial charge in [0, 0.05) is 16.3 Å². The first kappa shape index (κ1) is 11.6. The van der Waals surface area contributed by atoms with Crippen LogP contribution in [0.4, 0.5) is 0 Å². The fourth-order valence-corrected chi connectivity index (χ4v) is 4.46. The third kappa shape index (κ3) is 1.69. The fourth-order valence-electron chi connectivity index (χ4n) is 4.07. The molecule has 0 amide bonds. The molecular formula is C15H15BrN2O. The van der Waals surface area contributed by atoms with Crippen molar-refractivity contribution in [3.8, 4) is 0 Å². The van der Waals surface area contributed by atoms with E-state index in [-0.39, 0.29) is 11.8 Å². The van der Waals surface area contributed by atoms with Crippen LogP contribution in [0.3, 0.4) is 0 Å². The van der Waals surface area contributed by atoms with Gasteiger partial charge in [0.25, 0.3) is 0 Å². The number of halogens is 1. The van der Waals surface area contributed by atoms with Crippen LogP contribution < -0.4 is 5.11 Å². The van der Waals surface area contributed by atoms with Crippen molar-refractivity contribution in [1.82, 2.24) is 0 Å². The van der Waals surface area contributed by atoms with Crippen molar-refractivity contribution in [1.29, 1.82) is 0 Å². The van der Waals surface area contributed by atoms with Crippen molar-refractivity contribution >= 4 is 28.0 Å². The van der Waals surface area contributed by atoms with Gasteiger partial charge in [0.15, 0.2) is 6.04 Å². The summed E-state index contributed by atoms with van der Waals surface area (Å²) in [6, 6.07) is 8.38. The standard InChI is InChI=1S/C15H15BrN2O/c16-12-4-2-1-3-11(12)8-18-14-10-6-5-9(7-10)13(14)15(19)17-18/h1-4,8-10,13-14H,5-7H2/b18-8+. The van der Waals surface area contributed by atoms with Gasteiger partial charge in [-0.1, -0.05) is 16.8 Å². The molecule has 1 aliphatic heterocycles. The van der Waals surface area contributed by atoms with Gasteiger partial charge < -0.3 is 5.11 Å². The quantitative estimate of drug-likeness (QED) is 0.730. The van der Waals surface area contributed by atoms with Crippen molar-refractivity contribution in [3.05, 3.63) is 34.3 Å². The molecule has 4 unspecified atom stereocenters. The molecule has 1 aromatic rings. The first-order chi connectivity index (χ1) is 9.24. The molecule has 0 aromatic heterocycles. The van der Waals surface area contributed by atoms with Crippen molar-refractivity contribution in [2.75, 3.05) is 0 Å². The van der Waals surface area contributed by atoms with Gasteiger partial charge >= 0.3 is 0 Å². The number of hydrogen-bond acceptors (Lipinski definition) is 2. The fraction of sp³-hybridized carbons (Fsp3) is 0.467. The molecule has 4 rings (SSSR count). The van der Waals surface area contributed by atoms with Crippen LogP contribution in [0, 0.1) is 17.8 Å². The van der Waals surface area contributed by atoms with E-state index in [1.54, 1.807) is 0 Å². The largest absolute Gasteiger partial charge is 0.857 e. The maximum atomic E-state index is 12.1. The summed E-state index contributed by atoms with van der Waals surface area (Å²) in [4.78, 5) is 0. The predicted octanol–water partition coefficient (Wildman–Crippen LogP) is 1.98. The third-order valence-corrected chi connectivity index (χ3v) is 5.58. The van der Waals surface area contributed by atoms with Gasteiger partial charge in [0.1, 0.15) is 0 Å². The number of nitrogens with zero attached hydrogens (tertiary/aromatic N) is 2. The van der Waals surface area contributed by atoms with E-state index in [0.29, 0.717) is 17.9 Å². The summed E-state index contributed by atoms with van der Waals surface area (Å²) in [5.74, 6) is 1.51. The summed E-state index contributed by atoms with van der Waals surface area (Å²) in [6.07, 6.45) is 5.72. The predicted molar refractivity (Wildman–Crippen MR) is 75.1 cm³/mol. The van der Waals surface area contributed by atoms with E-state index in [1.165, 1.54) is 19.3 Å². The summed E-state index contributed by atoms with van der Waals surface area (Å²) in [5, 5.41) is 16.4. The molecule has 0 spiro atoms. The summed E-state index contributed by atoms with van der Waals surface area (Å²) < 4.78 is 2.99. The van der Waals surface area contributed by atoms with Gasteiger partial charge in [-0.3, -0.25) is 0 Å². The van der Waals surface area contributed by atoms with Crippen LogP contribution in [-0.4, -0.2) is 22.8 Å². The average molecular weight is 319 g/mol. The maximum absolute atomic E-state index is 12.1. The Morgan fingerprint density at radius 3 is 2.89 bits per heavy atom. The summed E-state index contributed by atoms with van der Waals surface area (Å²) >= 11 is 3.55. The maximum Gasteiger partial charge on any atom is 0.204 e. The van der Waals surface area contributed by atoms with E-state index >= 15 is 0 Å². The molecule has 0 saturated heterocycles. The van der Waals surface area contributed by atoms with E-state index in [9.17, 15) is 5.11 Å². The van der Waals surface area contributed by atoms with Gasteiger partial charge in [-0.05, 0) is 58.3 Å². The first-order valence-electron chi connectivity index (χ1n) is 6.87. The van der Waals surface area contributed by atoms with Crippen molar-refractivity contribution < 1.29 is 9.79 Å². The lowest BCUT2D eigenvalue weighted by Gasteiger charge is -2.22. The van der Waals surface area contributed by atoms with Crippen molar-refractivity contribution in [2.45, 2.75) is 25.3 Å². The number of benzene rings is 1. The van der Waals surface area contributed by atoms with E-state index in [4.69, 9.17) is 0 Å². The second kappa shape index (κ2) is 4.17. The molecule has 0 radical (unpaired) electrons. The average Bonchev–Trinajstić information content (AvgIpc) is 3.07. The molecule has 0 N–H and O–H groups in total. The summed E-state index contributed by atoms with van der Waals surface area (Å²) in [7, 11) is 0. The van der Waals surface area contributed by atoms with E-state index in [1.807, 2.05) is 35.2 Å². The topological polar surface area (TPSA) is 38.4 Å². The lowest BCUT2D eigenvalue weighted by molar-refractivity contribution is -0.569. The van der Waals surface area contributed by atoms with Gasteiger partial charge in [-0.25, -0.2) is 0 Å². The van der Waals surface area contributed by atoms with Gasteiger partial charge in [-0.2, -0.15) is 0 Å². The second-order valence-corrected chi connectivity index (χ2v) is 6.67. The Hall–Kier alpha value is -1.16. The van der Waals surface area contributed by atoms with Crippen LogP contribution in [0.2, 0.25) is 0 Å². The van der Waals surface area contributed by atoms with Crippen LogP contribution in [0.1, 0.15) is 24.8 Å². The molecule has 1 heterocycles. The van der Waals surface area contributed by atoms with E-state index in [2.05, 4.69) is 21.0 Å². The molecule has 1 aromatic carbocycles. The highest BCUT2D eigenvalue weighted by Crippen LogP contribution is 2.51. The van der Waals surface area contributed by atoms with E-state index in [0.717, 1.165) is 10.0 Å². The Morgan fingerprint density at radius 1 is 1.26 bits per heavy atom. The van der Waals surface area contributed by atoms with Crippen LogP contribution in [-0.2, 0) is 0 Å². The summed E-state index contributed by atoms with van der Waals surface area (Å²) in [5.41, 5.74) is 1.09. The minimum absolute atomic E-state index is 0.0977. The normalized spacial score (nSPS) is 37.7. The zero-order chi connectivity index (χ0) is 13.0. The number of hydrogen-bond donors (Lipinski definition) is 0. The highest BCUT2D eigenvalue weighted by atomic mass is 79.9. The molecule has 2 aliphatic carbocycles. The lowest BCUT2D eigenvalue weighted by Crippen LogP contribution is -2.37. The molecule has 19 heavy (non-hydrogen) atoms. The number of fused-ring (bicyclic) bond motifs is 5. The minimum atomic E-state index is 0.0977. The van der Waals surface area contributed by atoms with Crippen LogP contribution in [0.5, 0.6) is 0 Å². The molecule has 3 nitrogen and oxygen atoms in total. The molecule has 3 aliphatic rings. The number of hydrazone groups is 1. The Labute approximate surface area is 120 Å². The molecule has 2 fully saturated rings. The lowest BCUT2D eigenvalue weighted by atomic mass is 9.85. The molecular weight excluding hydrogens is 304 g/mol. The monoisotopic (exact) mass is 318 g/mol. The molecule has 4 heteroatoms. The zero-order valence-corrected chi connectivity index (χ0v) is 12.1. The Kier molecular flexibility index (Phi) is 2.56. The minimum Gasteiger partial charge on any atom is -0.857 e. The van der Waals surface area contributed by atoms with Crippen LogP contribution >= 0.6 is 15.9 Å². The second-order valence-electron chi connectivity index (χ2n) is 5.82. The van der Waals surface area contributed by atoms with Gasteiger partial charge in [0.2, 0.25) is 6.21 Å². The molecule has 2 saturated carbocycles. The van der Waals surface area contributed by atoms with Crippen LogP contribution in [0.25, 0.3) is 0 Å². The molecule has 98 valence electrons. The Bertz CT molecular complexity index is 596. The molecule has 4 atom stereocenters. The number of rotatable bonds is 1.